The van der Waals surface area contributed by atoms with Crippen LogP contribution in [-0.2, 0) is 13.1 Å². The first-order chi connectivity index (χ1) is 11.2. The Kier molecular flexibility index (Phi) is 4.97. The Morgan fingerprint density at radius 3 is 2.91 bits per heavy atom. The first-order valence-corrected chi connectivity index (χ1v) is 9.63. The first kappa shape index (κ1) is 16.0. The minimum absolute atomic E-state index is 0.290. The molecule has 3 aromatic rings. The molecule has 0 spiro atoms. The number of thiazole rings is 1. The standard InChI is InChI=1S/C16H18N4OS2/c1-3-19-9-8-12(18-19)15(21)17-16-20(10-11-22-2)13-6-4-5-7-14(13)23-16/h4-9H,3,10-11H2,1-2H3. The van der Waals surface area contributed by atoms with Gasteiger partial charge in [-0.05, 0) is 31.4 Å². The third kappa shape index (κ3) is 3.40. The molecule has 0 bridgehead atoms. The van der Waals surface area contributed by atoms with Gasteiger partial charge in [-0.15, -0.1) is 0 Å². The number of nitrogens with zero attached hydrogens (tertiary/aromatic N) is 4. The molecule has 2 aromatic heterocycles. The third-order valence-electron chi connectivity index (χ3n) is 3.49. The number of rotatable bonds is 5. The molecule has 0 atom stereocenters. The van der Waals surface area contributed by atoms with Crippen molar-refractivity contribution in [1.29, 1.82) is 0 Å². The van der Waals surface area contributed by atoms with E-state index in [1.54, 1.807) is 40.0 Å². The Morgan fingerprint density at radius 2 is 2.17 bits per heavy atom. The highest BCUT2D eigenvalue weighted by Crippen LogP contribution is 2.17. The summed E-state index contributed by atoms with van der Waals surface area (Å²) in [6.45, 7) is 3.56. The molecule has 120 valence electrons. The summed E-state index contributed by atoms with van der Waals surface area (Å²) in [5.74, 6) is 0.689. The number of aryl methyl sites for hydroxylation is 2. The second-order valence-corrected chi connectivity index (χ2v) is 6.97. The number of fused-ring (bicyclic) bond motifs is 1. The Morgan fingerprint density at radius 1 is 1.35 bits per heavy atom. The zero-order valence-corrected chi connectivity index (χ0v) is 14.7. The molecule has 0 aliphatic rings. The van der Waals surface area contributed by atoms with Crippen molar-refractivity contribution >= 4 is 39.2 Å². The molecule has 0 N–H and O–H groups in total. The lowest BCUT2D eigenvalue weighted by Gasteiger charge is -2.03. The smallest absolute Gasteiger partial charge is 0.300 e. The molecule has 0 saturated heterocycles. The van der Waals surface area contributed by atoms with Gasteiger partial charge in [0.05, 0.1) is 10.2 Å². The molecule has 0 aliphatic heterocycles. The number of aromatic nitrogens is 3. The van der Waals surface area contributed by atoms with E-state index in [9.17, 15) is 4.79 Å². The quantitative estimate of drug-likeness (QED) is 0.713. The van der Waals surface area contributed by atoms with Crippen LogP contribution in [0.25, 0.3) is 10.2 Å². The van der Waals surface area contributed by atoms with Crippen LogP contribution in [-0.4, -0.2) is 32.3 Å². The van der Waals surface area contributed by atoms with Gasteiger partial charge < -0.3 is 4.57 Å². The van der Waals surface area contributed by atoms with E-state index in [4.69, 9.17) is 0 Å². The minimum Gasteiger partial charge on any atom is -0.316 e. The van der Waals surface area contributed by atoms with E-state index in [1.807, 2.05) is 19.1 Å². The summed E-state index contributed by atoms with van der Waals surface area (Å²) in [5, 5.41) is 4.24. The summed E-state index contributed by atoms with van der Waals surface area (Å²) in [7, 11) is 0. The zero-order chi connectivity index (χ0) is 16.2. The minimum atomic E-state index is -0.290. The summed E-state index contributed by atoms with van der Waals surface area (Å²) in [6.07, 6.45) is 3.88. The fraction of sp³-hybridized carbons (Fsp3) is 0.312. The predicted octanol–water partition coefficient (Wildman–Crippen LogP) is 3.02. The summed E-state index contributed by atoms with van der Waals surface area (Å²) >= 11 is 3.32. The van der Waals surface area contributed by atoms with Crippen LogP contribution < -0.4 is 4.80 Å². The van der Waals surface area contributed by atoms with Crippen LogP contribution in [0.4, 0.5) is 0 Å². The average Bonchev–Trinajstić information content (AvgIpc) is 3.17. The first-order valence-electron chi connectivity index (χ1n) is 7.42. The molecular formula is C16H18N4OS2. The molecule has 2 heterocycles. The fourth-order valence-corrected chi connectivity index (χ4v) is 3.72. The van der Waals surface area contributed by atoms with Gasteiger partial charge >= 0.3 is 0 Å². The van der Waals surface area contributed by atoms with Crippen molar-refractivity contribution in [1.82, 2.24) is 14.3 Å². The molecule has 23 heavy (non-hydrogen) atoms. The predicted molar refractivity (Wildman–Crippen MR) is 96.0 cm³/mol. The van der Waals surface area contributed by atoms with Gasteiger partial charge in [0.2, 0.25) is 0 Å². The molecule has 0 unspecified atom stereocenters. The van der Waals surface area contributed by atoms with Crippen molar-refractivity contribution in [2.45, 2.75) is 20.0 Å². The van der Waals surface area contributed by atoms with E-state index in [0.29, 0.717) is 5.69 Å². The second kappa shape index (κ2) is 7.14. The number of amides is 1. The highest BCUT2D eigenvalue weighted by atomic mass is 32.2. The Bertz CT molecular complexity index is 891. The van der Waals surface area contributed by atoms with E-state index in [-0.39, 0.29) is 5.91 Å². The largest absolute Gasteiger partial charge is 0.316 e. The van der Waals surface area contributed by atoms with Gasteiger partial charge in [-0.1, -0.05) is 23.5 Å². The van der Waals surface area contributed by atoms with Gasteiger partial charge in [-0.25, -0.2) is 0 Å². The molecule has 0 fully saturated rings. The highest BCUT2D eigenvalue weighted by molar-refractivity contribution is 7.98. The van der Waals surface area contributed by atoms with Crippen LogP contribution in [0.15, 0.2) is 41.5 Å². The lowest BCUT2D eigenvalue weighted by molar-refractivity contribution is 0.0992. The highest BCUT2D eigenvalue weighted by Gasteiger charge is 2.11. The maximum absolute atomic E-state index is 12.4. The normalized spacial score (nSPS) is 12.2. The summed E-state index contributed by atoms with van der Waals surface area (Å²) in [6, 6.07) is 9.87. The molecular weight excluding hydrogens is 328 g/mol. The van der Waals surface area contributed by atoms with Gasteiger partial charge in [0.1, 0.15) is 0 Å². The molecule has 7 heteroatoms. The van der Waals surface area contributed by atoms with Crippen molar-refractivity contribution in [3.63, 3.8) is 0 Å². The van der Waals surface area contributed by atoms with E-state index in [2.05, 4.69) is 33.0 Å². The van der Waals surface area contributed by atoms with Crippen molar-refractivity contribution in [3.8, 4) is 0 Å². The third-order valence-corrected chi connectivity index (χ3v) is 5.14. The van der Waals surface area contributed by atoms with Crippen molar-refractivity contribution in [2.24, 2.45) is 4.99 Å². The molecule has 0 saturated carbocycles. The summed E-state index contributed by atoms with van der Waals surface area (Å²) < 4.78 is 4.99. The molecule has 1 aromatic carbocycles. The fourth-order valence-electron chi connectivity index (χ4n) is 2.30. The number of benzene rings is 1. The summed E-state index contributed by atoms with van der Waals surface area (Å²) in [4.78, 5) is 17.4. The molecule has 5 nitrogen and oxygen atoms in total. The number of thioether (sulfide) groups is 1. The van der Waals surface area contributed by atoms with Gasteiger partial charge in [-0.2, -0.15) is 21.9 Å². The monoisotopic (exact) mass is 346 g/mol. The Hall–Kier alpha value is -1.86. The van der Waals surface area contributed by atoms with Crippen molar-refractivity contribution in [2.75, 3.05) is 12.0 Å². The molecule has 3 rings (SSSR count). The van der Waals surface area contributed by atoms with E-state index in [0.717, 1.165) is 33.9 Å². The molecule has 1 amide bonds. The van der Waals surface area contributed by atoms with Gasteiger partial charge in [0.15, 0.2) is 10.5 Å². The SMILES string of the molecule is CCn1ccc(C(=O)N=c2sc3ccccc3n2CCSC)n1. The zero-order valence-electron chi connectivity index (χ0n) is 13.1. The second-order valence-electron chi connectivity index (χ2n) is 4.97. The average molecular weight is 346 g/mol. The van der Waals surface area contributed by atoms with Gasteiger partial charge in [0, 0.05) is 25.0 Å². The Balaban J connectivity index is 2.04. The molecule has 0 radical (unpaired) electrons. The number of para-hydroxylation sites is 1. The number of hydrogen-bond donors (Lipinski definition) is 0. The van der Waals surface area contributed by atoms with Crippen LogP contribution in [0, 0.1) is 0 Å². The van der Waals surface area contributed by atoms with Crippen LogP contribution >= 0.6 is 23.1 Å². The lowest BCUT2D eigenvalue weighted by Crippen LogP contribution is -2.18. The Labute approximate surface area is 142 Å². The van der Waals surface area contributed by atoms with Crippen molar-refractivity contribution in [3.05, 3.63) is 47.0 Å². The van der Waals surface area contributed by atoms with Gasteiger partial charge in [0.25, 0.3) is 5.91 Å². The summed E-state index contributed by atoms with van der Waals surface area (Å²) in [5.41, 5.74) is 1.51. The maximum Gasteiger partial charge on any atom is 0.300 e. The van der Waals surface area contributed by atoms with E-state index >= 15 is 0 Å². The van der Waals surface area contributed by atoms with Gasteiger partial charge in [-0.3, -0.25) is 9.48 Å². The maximum atomic E-state index is 12.4. The lowest BCUT2D eigenvalue weighted by atomic mass is 10.3. The van der Waals surface area contributed by atoms with E-state index in [1.165, 1.54) is 0 Å². The van der Waals surface area contributed by atoms with Crippen LogP contribution in [0.3, 0.4) is 0 Å². The van der Waals surface area contributed by atoms with Crippen LogP contribution in [0.5, 0.6) is 0 Å². The van der Waals surface area contributed by atoms with E-state index < -0.39 is 0 Å². The van der Waals surface area contributed by atoms with Crippen LogP contribution in [0.2, 0.25) is 0 Å². The topological polar surface area (TPSA) is 52.2 Å². The number of hydrogen-bond acceptors (Lipinski definition) is 4. The number of carbonyl (C=O) groups is 1. The number of carbonyl (C=O) groups excluding carboxylic acids is 1. The van der Waals surface area contributed by atoms with Crippen LogP contribution in [0.1, 0.15) is 17.4 Å². The van der Waals surface area contributed by atoms with Crippen molar-refractivity contribution < 1.29 is 4.79 Å². The molecule has 0 aliphatic carbocycles.